The molecule has 5 heteroatoms. The van der Waals surface area contributed by atoms with Crippen molar-refractivity contribution in [2.75, 3.05) is 6.54 Å². The Kier molecular flexibility index (Phi) is 3.41. The van der Waals surface area contributed by atoms with Gasteiger partial charge in [-0.05, 0) is 32.1 Å². The number of nitrogens with zero attached hydrogens (tertiary/aromatic N) is 1. The van der Waals surface area contributed by atoms with E-state index in [9.17, 15) is 14.4 Å². The molecule has 0 bridgehead atoms. The topological polar surface area (TPSA) is 74.7 Å². The van der Waals surface area contributed by atoms with Crippen LogP contribution in [0.1, 0.15) is 52.4 Å². The quantitative estimate of drug-likeness (QED) is 0.791. The van der Waals surface area contributed by atoms with Gasteiger partial charge in [-0.25, -0.2) is 0 Å². The fourth-order valence-electron chi connectivity index (χ4n) is 3.15. The number of amides is 2. The molecule has 106 valence electrons. The second kappa shape index (κ2) is 4.62. The van der Waals surface area contributed by atoms with Crippen molar-refractivity contribution >= 4 is 17.8 Å². The Balaban J connectivity index is 2.10. The van der Waals surface area contributed by atoms with Gasteiger partial charge in [0.25, 0.3) is 0 Å². The zero-order valence-corrected chi connectivity index (χ0v) is 11.6. The molecular formula is C14H21NO4. The van der Waals surface area contributed by atoms with Gasteiger partial charge in [-0.3, -0.25) is 19.3 Å². The van der Waals surface area contributed by atoms with Crippen LogP contribution in [0.3, 0.4) is 0 Å². The lowest BCUT2D eigenvalue weighted by molar-refractivity contribution is -0.158. The van der Waals surface area contributed by atoms with Gasteiger partial charge >= 0.3 is 5.97 Å². The van der Waals surface area contributed by atoms with E-state index in [1.165, 1.54) is 13.8 Å². The Morgan fingerprint density at radius 1 is 1.21 bits per heavy atom. The number of hydrogen-bond donors (Lipinski definition) is 1. The van der Waals surface area contributed by atoms with Crippen LogP contribution in [-0.4, -0.2) is 34.3 Å². The first-order valence-electron chi connectivity index (χ1n) is 6.82. The molecule has 0 aromatic heterocycles. The van der Waals surface area contributed by atoms with E-state index < -0.39 is 11.4 Å². The SMILES string of the molecule is CC(C)(CN1C(=O)CC2(CCCC2)CC1=O)C(=O)O. The largest absolute Gasteiger partial charge is 0.481 e. The molecule has 2 rings (SSSR count). The summed E-state index contributed by atoms with van der Waals surface area (Å²) in [7, 11) is 0. The number of carbonyl (C=O) groups excluding carboxylic acids is 2. The van der Waals surface area contributed by atoms with E-state index in [0.29, 0.717) is 12.8 Å². The van der Waals surface area contributed by atoms with Gasteiger partial charge in [0, 0.05) is 19.4 Å². The number of aliphatic carboxylic acids is 1. The van der Waals surface area contributed by atoms with Crippen molar-refractivity contribution in [1.82, 2.24) is 4.90 Å². The molecule has 2 fully saturated rings. The number of hydrogen-bond acceptors (Lipinski definition) is 3. The molecule has 19 heavy (non-hydrogen) atoms. The summed E-state index contributed by atoms with van der Waals surface area (Å²) in [6.45, 7) is 3.04. The third-order valence-electron chi connectivity index (χ3n) is 4.45. The number of likely N-dealkylation sites (tertiary alicyclic amines) is 1. The summed E-state index contributed by atoms with van der Waals surface area (Å²) < 4.78 is 0. The average molecular weight is 267 g/mol. The van der Waals surface area contributed by atoms with Crippen LogP contribution in [0, 0.1) is 10.8 Å². The number of carboxylic acids is 1. The Morgan fingerprint density at radius 2 is 1.68 bits per heavy atom. The maximum absolute atomic E-state index is 12.2. The molecule has 2 amide bonds. The van der Waals surface area contributed by atoms with Gasteiger partial charge < -0.3 is 5.11 Å². The first-order valence-corrected chi connectivity index (χ1v) is 6.82. The van der Waals surface area contributed by atoms with E-state index >= 15 is 0 Å². The predicted octanol–water partition coefficient (Wildman–Crippen LogP) is 1.81. The standard InChI is InChI=1S/C14H21NO4/c1-13(2,12(18)19)9-15-10(16)7-14(8-11(15)17)5-3-4-6-14/h3-9H2,1-2H3,(H,18,19). The molecule has 1 saturated carbocycles. The lowest BCUT2D eigenvalue weighted by atomic mass is 9.76. The van der Waals surface area contributed by atoms with E-state index in [1.54, 1.807) is 0 Å². The molecule has 0 unspecified atom stereocenters. The first-order chi connectivity index (χ1) is 8.76. The zero-order valence-electron chi connectivity index (χ0n) is 11.6. The monoisotopic (exact) mass is 267 g/mol. The van der Waals surface area contributed by atoms with Crippen LogP contribution >= 0.6 is 0 Å². The Bertz CT molecular complexity index is 401. The summed E-state index contributed by atoms with van der Waals surface area (Å²) in [5.74, 6) is -1.39. The molecule has 0 aromatic carbocycles. The fourth-order valence-corrected chi connectivity index (χ4v) is 3.15. The minimum Gasteiger partial charge on any atom is -0.481 e. The van der Waals surface area contributed by atoms with E-state index in [4.69, 9.17) is 5.11 Å². The smallest absolute Gasteiger partial charge is 0.310 e. The molecule has 0 aromatic rings. The molecule has 5 nitrogen and oxygen atoms in total. The number of imide groups is 1. The first kappa shape index (κ1) is 14.0. The minimum atomic E-state index is -1.09. The van der Waals surface area contributed by atoms with Gasteiger partial charge in [0.1, 0.15) is 0 Å². The average Bonchev–Trinajstić information content (AvgIpc) is 2.71. The van der Waals surface area contributed by atoms with Crippen molar-refractivity contribution in [1.29, 1.82) is 0 Å². The summed E-state index contributed by atoms with van der Waals surface area (Å²) in [4.78, 5) is 36.6. The van der Waals surface area contributed by atoms with Crippen LogP contribution in [0.5, 0.6) is 0 Å². The fraction of sp³-hybridized carbons (Fsp3) is 0.786. The van der Waals surface area contributed by atoms with E-state index in [-0.39, 0.29) is 23.8 Å². The summed E-state index contributed by atoms with van der Waals surface area (Å²) in [6, 6.07) is 0. The van der Waals surface area contributed by atoms with Crippen molar-refractivity contribution in [2.24, 2.45) is 10.8 Å². The number of rotatable bonds is 3. The van der Waals surface area contributed by atoms with Crippen LogP contribution in [-0.2, 0) is 14.4 Å². The Hall–Kier alpha value is -1.39. The second-order valence-corrected chi connectivity index (χ2v) is 6.62. The summed E-state index contributed by atoms with van der Waals surface area (Å²) in [5.41, 5.74) is -1.22. The van der Waals surface area contributed by atoms with Crippen molar-refractivity contribution < 1.29 is 19.5 Å². The number of carbonyl (C=O) groups is 3. The number of piperidine rings is 1. The summed E-state index contributed by atoms with van der Waals surface area (Å²) in [6.07, 6.45) is 4.85. The zero-order chi connectivity index (χ0) is 14.3. The number of carboxylic acid groups (broad SMARTS) is 1. The van der Waals surface area contributed by atoms with Gasteiger partial charge in [-0.2, -0.15) is 0 Å². The lowest BCUT2D eigenvalue weighted by Gasteiger charge is -2.39. The van der Waals surface area contributed by atoms with E-state index in [2.05, 4.69) is 0 Å². The summed E-state index contributed by atoms with van der Waals surface area (Å²) in [5, 5.41) is 9.10. The molecular weight excluding hydrogens is 246 g/mol. The highest BCUT2D eigenvalue weighted by atomic mass is 16.4. The van der Waals surface area contributed by atoms with Crippen molar-refractivity contribution in [3.8, 4) is 0 Å². The molecule has 1 heterocycles. The third kappa shape index (κ3) is 2.65. The minimum absolute atomic E-state index is 0.0317. The molecule has 0 atom stereocenters. The van der Waals surface area contributed by atoms with Crippen LogP contribution in [0.4, 0.5) is 0 Å². The second-order valence-electron chi connectivity index (χ2n) is 6.62. The molecule has 1 aliphatic heterocycles. The van der Waals surface area contributed by atoms with E-state index in [1.807, 2.05) is 0 Å². The van der Waals surface area contributed by atoms with Crippen LogP contribution in [0.25, 0.3) is 0 Å². The summed E-state index contributed by atoms with van der Waals surface area (Å²) >= 11 is 0. The molecule has 0 radical (unpaired) electrons. The predicted molar refractivity (Wildman–Crippen MR) is 68.3 cm³/mol. The highest BCUT2D eigenvalue weighted by Gasteiger charge is 2.46. The van der Waals surface area contributed by atoms with Gasteiger partial charge in [0.05, 0.1) is 5.41 Å². The van der Waals surface area contributed by atoms with Crippen molar-refractivity contribution in [3.05, 3.63) is 0 Å². The van der Waals surface area contributed by atoms with Crippen LogP contribution in [0.15, 0.2) is 0 Å². The van der Waals surface area contributed by atoms with Crippen molar-refractivity contribution in [3.63, 3.8) is 0 Å². The molecule has 1 saturated heterocycles. The Labute approximate surface area is 113 Å². The van der Waals surface area contributed by atoms with Gasteiger partial charge in [0.15, 0.2) is 0 Å². The maximum atomic E-state index is 12.2. The highest BCUT2D eigenvalue weighted by Crippen LogP contribution is 2.47. The molecule has 1 aliphatic carbocycles. The van der Waals surface area contributed by atoms with Crippen LogP contribution in [0.2, 0.25) is 0 Å². The molecule has 1 spiro atoms. The molecule has 1 N–H and O–H groups in total. The van der Waals surface area contributed by atoms with Crippen molar-refractivity contribution in [2.45, 2.75) is 52.4 Å². The third-order valence-corrected chi connectivity index (χ3v) is 4.45. The van der Waals surface area contributed by atoms with Gasteiger partial charge in [-0.1, -0.05) is 12.8 Å². The molecule has 2 aliphatic rings. The van der Waals surface area contributed by atoms with Crippen LogP contribution < -0.4 is 0 Å². The maximum Gasteiger partial charge on any atom is 0.310 e. The van der Waals surface area contributed by atoms with Gasteiger partial charge in [-0.15, -0.1) is 0 Å². The normalized spacial score (nSPS) is 23.2. The Morgan fingerprint density at radius 3 is 2.11 bits per heavy atom. The van der Waals surface area contributed by atoms with Gasteiger partial charge in [0.2, 0.25) is 11.8 Å². The lowest BCUT2D eigenvalue weighted by Crippen LogP contribution is -2.51. The highest BCUT2D eigenvalue weighted by molar-refractivity contribution is 5.99. The van der Waals surface area contributed by atoms with E-state index in [0.717, 1.165) is 30.6 Å².